The number of aromatic nitrogens is 2. The van der Waals surface area contributed by atoms with Gasteiger partial charge in [0.15, 0.2) is 11.5 Å². The molecular formula is C12H12FIN2O2. The molecule has 96 valence electrons. The zero-order valence-electron chi connectivity index (χ0n) is 10.2. The van der Waals surface area contributed by atoms with Crippen LogP contribution in [-0.4, -0.2) is 21.2 Å². The van der Waals surface area contributed by atoms with Crippen LogP contribution in [0.2, 0.25) is 0 Å². The largest absolute Gasteiger partial charge is 0.443 e. The molecule has 0 saturated heterocycles. The number of hydrogen-bond acceptors (Lipinski definition) is 3. The van der Waals surface area contributed by atoms with Crippen LogP contribution in [0.4, 0.5) is 9.18 Å². The fourth-order valence-corrected chi connectivity index (χ4v) is 2.05. The Bertz CT molecular complexity index is 616. The van der Waals surface area contributed by atoms with Crippen molar-refractivity contribution in [2.24, 2.45) is 0 Å². The van der Waals surface area contributed by atoms with Gasteiger partial charge in [-0.05, 0) is 49.4 Å². The molecule has 0 spiro atoms. The first-order valence-corrected chi connectivity index (χ1v) is 6.42. The second-order valence-corrected chi connectivity index (χ2v) is 5.90. The van der Waals surface area contributed by atoms with E-state index in [0.29, 0.717) is 14.6 Å². The number of carbonyl (C=O) groups is 1. The van der Waals surface area contributed by atoms with Gasteiger partial charge in [-0.2, -0.15) is 0 Å². The van der Waals surface area contributed by atoms with Crippen LogP contribution < -0.4 is 0 Å². The highest BCUT2D eigenvalue weighted by Gasteiger charge is 2.20. The summed E-state index contributed by atoms with van der Waals surface area (Å²) in [5.41, 5.74) is -0.184. The Balaban J connectivity index is 2.48. The van der Waals surface area contributed by atoms with Crippen molar-refractivity contribution >= 4 is 39.7 Å². The van der Waals surface area contributed by atoms with E-state index in [1.165, 1.54) is 10.8 Å². The van der Waals surface area contributed by atoms with E-state index in [-0.39, 0.29) is 0 Å². The van der Waals surface area contributed by atoms with Crippen LogP contribution in [0.15, 0.2) is 18.5 Å². The summed E-state index contributed by atoms with van der Waals surface area (Å²) in [4.78, 5) is 15.9. The van der Waals surface area contributed by atoms with E-state index in [9.17, 15) is 9.18 Å². The van der Waals surface area contributed by atoms with Gasteiger partial charge < -0.3 is 4.74 Å². The maximum Gasteiger partial charge on any atom is 0.420 e. The second-order valence-electron chi connectivity index (χ2n) is 4.82. The van der Waals surface area contributed by atoms with Gasteiger partial charge in [-0.15, -0.1) is 0 Å². The summed E-state index contributed by atoms with van der Waals surface area (Å²) in [5.74, 6) is -0.398. The summed E-state index contributed by atoms with van der Waals surface area (Å²) in [6.45, 7) is 5.36. The SMILES string of the molecule is CC(C)(C)OC(=O)n1ccc2c(I)c(F)cnc21. The van der Waals surface area contributed by atoms with E-state index >= 15 is 0 Å². The molecule has 0 N–H and O–H groups in total. The van der Waals surface area contributed by atoms with Crippen LogP contribution in [0.5, 0.6) is 0 Å². The molecule has 2 rings (SSSR count). The molecule has 18 heavy (non-hydrogen) atoms. The minimum absolute atomic E-state index is 0.398. The average Bonchev–Trinajstić information content (AvgIpc) is 2.65. The number of fused-ring (bicyclic) bond motifs is 1. The highest BCUT2D eigenvalue weighted by molar-refractivity contribution is 14.1. The smallest absolute Gasteiger partial charge is 0.420 e. The van der Waals surface area contributed by atoms with Gasteiger partial charge in [-0.3, -0.25) is 0 Å². The van der Waals surface area contributed by atoms with Crippen LogP contribution in [0.25, 0.3) is 11.0 Å². The molecule has 0 atom stereocenters. The molecule has 2 aromatic rings. The Hall–Kier alpha value is -1.18. The first kappa shape index (κ1) is 13.3. The Kier molecular flexibility index (Phi) is 3.31. The Morgan fingerprint density at radius 2 is 2.17 bits per heavy atom. The van der Waals surface area contributed by atoms with Crippen molar-refractivity contribution in [2.45, 2.75) is 26.4 Å². The van der Waals surface area contributed by atoms with E-state index in [2.05, 4.69) is 4.98 Å². The molecule has 0 aliphatic rings. The summed E-state index contributed by atoms with van der Waals surface area (Å²) in [6.07, 6.45) is 2.12. The first-order valence-electron chi connectivity index (χ1n) is 5.34. The minimum Gasteiger partial charge on any atom is -0.443 e. The molecule has 0 fully saturated rings. The second kappa shape index (κ2) is 4.49. The van der Waals surface area contributed by atoms with E-state index in [1.807, 2.05) is 22.6 Å². The normalized spacial score (nSPS) is 11.8. The fourth-order valence-electron chi connectivity index (χ4n) is 1.49. The Morgan fingerprint density at radius 1 is 1.50 bits per heavy atom. The lowest BCUT2D eigenvalue weighted by Gasteiger charge is -2.19. The number of carbonyl (C=O) groups excluding carboxylic acids is 1. The van der Waals surface area contributed by atoms with Gasteiger partial charge in [-0.1, -0.05) is 0 Å². The predicted molar refractivity (Wildman–Crippen MR) is 74.0 cm³/mol. The monoisotopic (exact) mass is 362 g/mol. The van der Waals surface area contributed by atoms with Crippen LogP contribution in [0.1, 0.15) is 20.8 Å². The molecule has 6 heteroatoms. The summed E-state index contributed by atoms with van der Waals surface area (Å²) in [5, 5.41) is 0.599. The number of nitrogens with zero attached hydrogens (tertiary/aromatic N) is 2. The number of rotatable bonds is 0. The number of halogens is 2. The Labute approximate surface area is 117 Å². The summed E-state index contributed by atoms with van der Waals surface area (Å²) >= 11 is 1.89. The zero-order valence-corrected chi connectivity index (χ0v) is 12.4. The maximum absolute atomic E-state index is 13.3. The molecule has 2 heterocycles. The average molecular weight is 362 g/mol. The van der Waals surface area contributed by atoms with E-state index in [0.717, 1.165) is 6.20 Å². The third kappa shape index (κ3) is 2.47. The molecule has 0 aliphatic carbocycles. The molecule has 0 bridgehead atoms. The van der Waals surface area contributed by atoms with Crippen molar-refractivity contribution in [3.63, 3.8) is 0 Å². The Morgan fingerprint density at radius 3 is 2.78 bits per heavy atom. The third-order valence-corrected chi connectivity index (χ3v) is 3.29. The maximum atomic E-state index is 13.3. The lowest BCUT2D eigenvalue weighted by Crippen LogP contribution is -2.26. The van der Waals surface area contributed by atoms with E-state index < -0.39 is 17.5 Å². The van der Waals surface area contributed by atoms with Gasteiger partial charge in [0, 0.05) is 11.6 Å². The van der Waals surface area contributed by atoms with Crippen LogP contribution in [0.3, 0.4) is 0 Å². The zero-order chi connectivity index (χ0) is 13.5. The fraction of sp³-hybridized carbons (Fsp3) is 0.333. The quantitative estimate of drug-likeness (QED) is 0.674. The van der Waals surface area contributed by atoms with Crippen molar-refractivity contribution in [3.05, 3.63) is 27.8 Å². The van der Waals surface area contributed by atoms with Crippen molar-refractivity contribution in [1.82, 2.24) is 9.55 Å². The van der Waals surface area contributed by atoms with Gasteiger partial charge in [0.25, 0.3) is 0 Å². The number of hydrogen-bond donors (Lipinski definition) is 0. The lowest BCUT2D eigenvalue weighted by atomic mass is 10.2. The van der Waals surface area contributed by atoms with Gasteiger partial charge in [0.2, 0.25) is 0 Å². The first-order chi connectivity index (χ1) is 8.29. The molecule has 0 amide bonds. The highest BCUT2D eigenvalue weighted by atomic mass is 127. The molecule has 0 radical (unpaired) electrons. The third-order valence-electron chi connectivity index (χ3n) is 2.20. The highest BCUT2D eigenvalue weighted by Crippen LogP contribution is 2.23. The van der Waals surface area contributed by atoms with Crippen molar-refractivity contribution in [2.75, 3.05) is 0 Å². The topological polar surface area (TPSA) is 44.1 Å². The van der Waals surface area contributed by atoms with Crippen molar-refractivity contribution in [3.8, 4) is 0 Å². The van der Waals surface area contributed by atoms with Crippen LogP contribution >= 0.6 is 22.6 Å². The predicted octanol–water partition coefficient (Wildman–Crippen LogP) is 3.56. The van der Waals surface area contributed by atoms with E-state index in [4.69, 9.17) is 4.74 Å². The van der Waals surface area contributed by atoms with Gasteiger partial charge in [-0.25, -0.2) is 18.7 Å². The van der Waals surface area contributed by atoms with E-state index in [1.54, 1.807) is 26.8 Å². The molecular weight excluding hydrogens is 350 g/mol. The van der Waals surface area contributed by atoms with Crippen LogP contribution in [0, 0.1) is 9.39 Å². The lowest BCUT2D eigenvalue weighted by molar-refractivity contribution is 0.0543. The summed E-state index contributed by atoms with van der Waals surface area (Å²) in [6, 6.07) is 1.65. The molecule has 0 aliphatic heterocycles. The molecule has 4 nitrogen and oxygen atoms in total. The summed E-state index contributed by atoms with van der Waals surface area (Å²) in [7, 11) is 0. The van der Waals surface area contributed by atoms with Gasteiger partial charge >= 0.3 is 6.09 Å². The number of ether oxygens (including phenoxy) is 1. The van der Waals surface area contributed by atoms with Crippen LogP contribution in [-0.2, 0) is 4.74 Å². The molecule has 0 saturated carbocycles. The van der Waals surface area contributed by atoms with Crippen molar-refractivity contribution in [1.29, 1.82) is 0 Å². The number of pyridine rings is 1. The van der Waals surface area contributed by atoms with Gasteiger partial charge in [0.05, 0.1) is 9.77 Å². The van der Waals surface area contributed by atoms with Gasteiger partial charge in [0.1, 0.15) is 5.60 Å². The summed E-state index contributed by atoms with van der Waals surface area (Å²) < 4.78 is 20.3. The minimum atomic E-state index is -0.582. The molecule has 0 unspecified atom stereocenters. The van der Waals surface area contributed by atoms with Crippen molar-refractivity contribution < 1.29 is 13.9 Å². The molecule has 2 aromatic heterocycles. The standard InChI is InChI=1S/C12H12FIN2O2/c1-12(2,3)18-11(17)16-5-4-7-9(14)8(13)6-15-10(7)16/h4-6H,1-3H3. The molecule has 0 aromatic carbocycles.